The first-order valence-corrected chi connectivity index (χ1v) is 8.74. The van der Waals surface area contributed by atoms with Crippen LogP contribution in [0, 0.1) is 5.82 Å². The van der Waals surface area contributed by atoms with E-state index in [1.165, 1.54) is 13.2 Å². The SMILES string of the molecule is COc1cc(-c2cc3n(n2)CC[C@H]3NC(=O)c2cncc(C(F)(F)F)n2)c(F)cn1. The van der Waals surface area contributed by atoms with Gasteiger partial charge in [-0.2, -0.15) is 18.3 Å². The van der Waals surface area contributed by atoms with Crippen molar-refractivity contribution in [1.82, 2.24) is 30.0 Å². The van der Waals surface area contributed by atoms with Crippen LogP contribution < -0.4 is 10.1 Å². The first-order chi connectivity index (χ1) is 14.3. The molecule has 0 unspecified atom stereocenters. The maximum atomic E-state index is 14.2. The molecule has 8 nitrogen and oxygen atoms in total. The fourth-order valence-electron chi connectivity index (χ4n) is 3.14. The second-order valence-corrected chi connectivity index (χ2v) is 6.49. The highest BCUT2D eigenvalue weighted by Gasteiger charge is 2.34. The van der Waals surface area contributed by atoms with E-state index in [1.54, 1.807) is 10.7 Å². The van der Waals surface area contributed by atoms with Crippen molar-refractivity contribution in [3.8, 4) is 17.1 Å². The van der Waals surface area contributed by atoms with Gasteiger partial charge in [0.05, 0.1) is 43.1 Å². The Morgan fingerprint density at radius 2 is 2.07 bits per heavy atom. The van der Waals surface area contributed by atoms with E-state index in [4.69, 9.17) is 4.74 Å². The summed E-state index contributed by atoms with van der Waals surface area (Å²) in [6.45, 7) is 0.443. The molecule has 0 bridgehead atoms. The molecule has 30 heavy (non-hydrogen) atoms. The molecular weight excluding hydrogens is 408 g/mol. The molecule has 156 valence electrons. The van der Waals surface area contributed by atoms with Gasteiger partial charge in [-0.25, -0.2) is 14.4 Å². The summed E-state index contributed by atoms with van der Waals surface area (Å²) in [5.41, 5.74) is -0.615. The number of alkyl halides is 3. The van der Waals surface area contributed by atoms with Gasteiger partial charge in [-0.15, -0.1) is 0 Å². The Kier molecular flexibility index (Phi) is 4.84. The molecule has 4 heterocycles. The molecule has 0 saturated heterocycles. The molecule has 12 heteroatoms. The molecule has 4 rings (SSSR count). The number of nitrogens with one attached hydrogen (secondary N) is 1. The molecule has 0 radical (unpaired) electrons. The topological polar surface area (TPSA) is 94.8 Å². The number of carbonyl (C=O) groups excluding carboxylic acids is 1. The quantitative estimate of drug-likeness (QED) is 0.650. The van der Waals surface area contributed by atoms with Crippen LogP contribution in [0.5, 0.6) is 5.88 Å². The van der Waals surface area contributed by atoms with E-state index >= 15 is 0 Å². The third-order valence-electron chi connectivity index (χ3n) is 4.58. The summed E-state index contributed by atoms with van der Waals surface area (Å²) in [6, 6.07) is 2.48. The van der Waals surface area contributed by atoms with Crippen LogP contribution in [-0.4, -0.2) is 37.7 Å². The van der Waals surface area contributed by atoms with Crippen LogP contribution in [-0.2, 0) is 12.7 Å². The van der Waals surface area contributed by atoms with E-state index in [0.29, 0.717) is 30.6 Å². The molecule has 0 fully saturated rings. The van der Waals surface area contributed by atoms with Gasteiger partial charge >= 0.3 is 6.18 Å². The third kappa shape index (κ3) is 3.67. The number of nitrogens with zero attached hydrogens (tertiary/aromatic N) is 5. The number of hydrogen-bond donors (Lipinski definition) is 1. The maximum Gasteiger partial charge on any atom is 0.434 e. The van der Waals surface area contributed by atoms with Gasteiger partial charge < -0.3 is 10.1 Å². The van der Waals surface area contributed by atoms with Gasteiger partial charge in [-0.3, -0.25) is 14.5 Å². The van der Waals surface area contributed by atoms with Gasteiger partial charge in [0.1, 0.15) is 5.69 Å². The Morgan fingerprint density at radius 3 is 2.80 bits per heavy atom. The highest BCUT2D eigenvalue weighted by atomic mass is 19.4. The summed E-state index contributed by atoms with van der Waals surface area (Å²) in [4.78, 5) is 23.0. The highest BCUT2D eigenvalue weighted by Crippen LogP contribution is 2.32. The zero-order valence-electron chi connectivity index (χ0n) is 15.4. The normalized spacial score (nSPS) is 15.7. The third-order valence-corrected chi connectivity index (χ3v) is 4.58. The minimum atomic E-state index is -4.71. The van der Waals surface area contributed by atoms with Crippen molar-refractivity contribution in [2.75, 3.05) is 7.11 Å². The molecule has 0 aromatic carbocycles. The van der Waals surface area contributed by atoms with Crippen molar-refractivity contribution in [2.45, 2.75) is 25.2 Å². The van der Waals surface area contributed by atoms with Gasteiger partial charge in [-0.05, 0) is 12.5 Å². The second kappa shape index (κ2) is 7.35. The lowest BCUT2D eigenvalue weighted by Crippen LogP contribution is -2.28. The van der Waals surface area contributed by atoms with Crippen LogP contribution in [0.25, 0.3) is 11.3 Å². The van der Waals surface area contributed by atoms with Gasteiger partial charge in [-0.1, -0.05) is 0 Å². The van der Waals surface area contributed by atoms with Crippen molar-refractivity contribution >= 4 is 5.91 Å². The number of fused-ring (bicyclic) bond motifs is 1. The number of amides is 1. The number of halogens is 4. The fraction of sp³-hybridized carbons (Fsp3) is 0.278. The Hall–Kier alpha value is -3.57. The van der Waals surface area contributed by atoms with Crippen molar-refractivity contribution in [1.29, 1.82) is 0 Å². The van der Waals surface area contributed by atoms with Gasteiger partial charge in [0.15, 0.2) is 11.5 Å². The molecule has 1 aliphatic rings. The van der Waals surface area contributed by atoms with E-state index in [1.807, 2.05) is 0 Å². The van der Waals surface area contributed by atoms with Crippen LogP contribution in [0.3, 0.4) is 0 Å². The van der Waals surface area contributed by atoms with Gasteiger partial charge in [0, 0.05) is 18.2 Å². The Balaban J connectivity index is 1.57. The van der Waals surface area contributed by atoms with Gasteiger partial charge in [0.25, 0.3) is 5.91 Å². The van der Waals surface area contributed by atoms with Gasteiger partial charge in [0.2, 0.25) is 5.88 Å². The number of methoxy groups -OCH3 is 1. The Labute approximate surface area is 166 Å². The predicted octanol–water partition coefficient (Wildman–Crippen LogP) is 2.78. The van der Waals surface area contributed by atoms with E-state index in [9.17, 15) is 22.4 Å². The van der Waals surface area contributed by atoms with E-state index in [-0.39, 0.29) is 11.4 Å². The number of carbonyl (C=O) groups is 1. The van der Waals surface area contributed by atoms with E-state index in [0.717, 1.165) is 12.4 Å². The molecule has 1 N–H and O–H groups in total. The molecule has 0 saturated carbocycles. The number of aryl methyl sites for hydroxylation is 1. The highest BCUT2D eigenvalue weighted by molar-refractivity contribution is 5.92. The van der Waals surface area contributed by atoms with Crippen LogP contribution in [0.15, 0.2) is 30.7 Å². The van der Waals surface area contributed by atoms with Crippen LogP contribution in [0.4, 0.5) is 17.6 Å². The minimum Gasteiger partial charge on any atom is -0.481 e. The minimum absolute atomic E-state index is 0.178. The first kappa shape index (κ1) is 19.7. The van der Waals surface area contributed by atoms with E-state index in [2.05, 4.69) is 25.4 Å². The predicted molar refractivity (Wildman–Crippen MR) is 93.8 cm³/mol. The molecule has 3 aromatic heterocycles. The summed E-state index contributed by atoms with van der Waals surface area (Å²) in [7, 11) is 1.40. The molecular formula is C18H14F4N6O2. The Morgan fingerprint density at radius 1 is 1.27 bits per heavy atom. The molecule has 0 spiro atoms. The van der Waals surface area contributed by atoms with Crippen molar-refractivity contribution in [2.24, 2.45) is 0 Å². The molecule has 3 aromatic rings. The van der Waals surface area contributed by atoms with Crippen LogP contribution in [0.1, 0.15) is 34.3 Å². The second-order valence-electron chi connectivity index (χ2n) is 6.49. The summed E-state index contributed by atoms with van der Waals surface area (Å²) >= 11 is 0. The molecule has 1 amide bonds. The lowest BCUT2D eigenvalue weighted by atomic mass is 10.1. The summed E-state index contributed by atoms with van der Waals surface area (Å²) < 4.78 is 59.2. The smallest absolute Gasteiger partial charge is 0.434 e. The maximum absolute atomic E-state index is 14.2. The molecule has 0 aliphatic carbocycles. The average Bonchev–Trinajstić information content (AvgIpc) is 3.29. The largest absolute Gasteiger partial charge is 0.481 e. The lowest BCUT2D eigenvalue weighted by Gasteiger charge is -2.12. The zero-order chi connectivity index (χ0) is 21.5. The lowest BCUT2D eigenvalue weighted by molar-refractivity contribution is -0.141. The van der Waals surface area contributed by atoms with Crippen molar-refractivity contribution in [3.63, 3.8) is 0 Å². The number of ether oxygens (including phenoxy) is 1. The number of hydrogen-bond acceptors (Lipinski definition) is 6. The standard InChI is InChI=1S/C18H14F4N6O2/c1-30-16-4-9(10(19)6-24-16)12-5-14-11(2-3-28(14)27-12)26-17(29)13-7-23-8-15(25-13)18(20,21)22/h4-8,11H,2-3H2,1H3,(H,26,29)/t11-/m1/s1. The number of aromatic nitrogens is 5. The van der Waals surface area contributed by atoms with Crippen LogP contribution in [0.2, 0.25) is 0 Å². The fourth-order valence-corrected chi connectivity index (χ4v) is 3.14. The Bertz CT molecular complexity index is 1110. The van der Waals surface area contributed by atoms with Crippen LogP contribution >= 0.6 is 0 Å². The number of rotatable bonds is 4. The van der Waals surface area contributed by atoms with Crippen molar-refractivity contribution < 1.29 is 27.1 Å². The summed E-state index contributed by atoms with van der Waals surface area (Å²) in [5, 5.41) is 6.97. The summed E-state index contributed by atoms with van der Waals surface area (Å²) in [5.74, 6) is -1.17. The molecule has 1 atom stereocenters. The average molecular weight is 422 g/mol. The first-order valence-electron chi connectivity index (χ1n) is 8.74. The summed E-state index contributed by atoms with van der Waals surface area (Å²) in [6.07, 6.45) is -1.71. The monoisotopic (exact) mass is 422 g/mol. The molecule has 1 aliphatic heterocycles. The van der Waals surface area contributed by atoms with Crippen molar-refractivity contribution in [3.05, 3.63) is 53.6 Å². The zero-order valence-corrected chi connectivity index (χ0v) is 15.4. The van der Waals surface area contributed by atoms with E-state index < -0.39 is 35.3 Å². The number of pyridine rings is 1.